The van der Waals surface area contributed by atoms with Gasteiger partial charge >= 0.3 is 0 Å². The molecule has 1 saturated heterocycles. The highest BCUT2D eigenvalue weighted by Crippen LogP contribution is 2.32. The zero-order chi connectivity index (χ0) is 18.6. The molecule has 1 N–H and O–H groups in total. The van der Waals surface area contributed by atoms with Gasteiger partial charge in [-0.3, -0.25) is 9.69 Å². The maximum atomic E-state index is 13.4. The lowest BCUT2D eigenvalue weighted by Gasteiger charge is -2.34. The predicted molar refractivity (Wildman–Crippen MR) is 102 cm³/mol. The summed E-state index contributed by atoms with van der Waals surface area (Å²) in [4.78, 5) is 15.1. The molecule has 0 aromatic heterocycles. The Bertz CT molecular complexity index is 810. The number of hydrogen-bond acceptors (Lipinski definition) is 3. The van der Waals surface area contributed by atoms with E-state index in [0.717, 1.165) is 42.7 Å². The van der Waals surface area contributed by atoms with Crippen LogP contribution in [0.25, 0.3) is 0 Å². The van der Waals surface area contributed by atoms with Gasteiger partial charge in [0.1, 0.15) is 11.6 Å². The quantitative estimate of drug-likeness (QED) is 0.895. The average Bonchev–Trinajstić information content (AvgIpc) is 2.68. The number of carbonyl (C=O) groups is 1. The Kier molecular flexibility index (Phi) is 5.39. The molecule has 2 aliphatic heterocycles. The van der Waals surface area contributed by atoms with Gasteiger partial charge in [-0.25, -0.2) is 4.39 Å². The van der Waals surface area contributed by atoms with Crippen LogP contribution in [-0.2, 0) is 11.3 Å². The molecule has 2 atom stereocenters. The molecule has 0 bridgehead atoms. The second-order valence-corrected chi connectivity index (χ2v) is 7.44. The summed E-state index contributed by atoms with van der Waals surface area (Å²) in [6, 6.07) is 14.6. The predicted octanol–water partition coefficient (Wildman–Crippen LogP) is 3.68. The van der Waals surface area contributed by atoms with Crippen LogP contribution >= 0.6 is 0 Å². The first-order valence-electron chi connectivity index (χ1n) is 9.68. The minimum Gasteiger partial charge on any atom is -0.493 e. The number of ether oxygens (including phenoxy) is 1. The van der Waals surface area contributed by atoms with E-state index >= 15 is 0 Å². The Labute approximate surface area is 159 Å². The van der Waals surface area contributed by atoms with Crippen LogP contribution in [0.3, 0.4) is 0 Å². The molecule has 1 amide bonds. The number of nitrogens with one attached hydrogen (secondary N) is 1. The third-order valence-electron chi connectivity index (χ3n) is 5.45. The summed E-state index contributed by atoms with van der Waals surface area (Å²) in [5.74, 6) is 0.741. The summed E-state index contributed by atoms with van der Waals surface area (Å²) in [6.45, 7) is 2.97. The van der Waals surface area contributed by atoms with Crippen molar-refractivity contribution >= 4 is 5.91 Å². The van der Waals surface area contributed by atoms with Crippen molar-refractivity contribution < 1.29 is 13.9 Å². The van der Waals surface area contributed by atoms with Crippen LogP contribution in [0.2, 0.25) is 0 Å². The number of para-hydroxylation sites is 1. The SMILES string of the molecule is O=C(N[C@H]1CCOc2ccccc21)[C@H]1CCCN(Cc2cccc(F)c2)C1. The van der Waals surface area contributed by atoms with E-state index in [1.807, 2.05) is 30.3 Å². The smallest absolute Gasteiger partial charge is 0.224 e. The highest BCUT2D eigenvalue weighted by Gasteiger charge is 2.29. The molecule has 2 aromatic rings. The Balaban J connectivity index is 1.38. The third kappa shape index (κ3) is 4.30. The van der Waals surface area contributed by atoms with Crippen molar-refractivity contribution in [2.75, 3.05) is 19.7 Å². The number of nitrogens with zero attached hydrogens (tertiary/aromatic N) is 1. The molecular weight excluding hydrogens is 343 g/mol. The minimum absolute atomic E-state index is 0.0149. The number of rotatable bonds is 4. The van der Waals surface area contributed by atoms with E-state index in [9.17, 15) is 9.18 Å². The number of likely N-dealkylation sites (tertiary alicyclic amines) is 1. The van der Waals surface area contributed by atoms with Gasteiger partial charge in [0.25, 0.3) is 0 Å². The van der Waals surface area contributed by atoms with E-state index in [0.29, 0.717) is 19.7 Å². The molecule has 0 spiro atoms. The molecule has 2 aromatic carbocycles. The summed E-state index contributed by atoms with van der Waals surface area (Å²) in [6.07, 6.45) is 2.68. The topological polar surface area (TPSA) is 41.6 Å². The number of amides is 1. The molecule has 142 valence electrons. The van der Waals surface area contributed by atoms with Crippen LogP contribution in [0.1, 0.15) is 36.4 Å². The molecule has 27 heavy (non-hydrogen) atoms. The zero-order valence-corrected chi connectivity index (χ0v) is 15.4. The standard InChI is InChI=1S/C22H25FN2O2/c23-18-7-3-5-16(13-18)14-25-11-4-6-17(15-25)22(26)24-20-10-12-27-21-9-2-1-8-19(20)21/h1-3,5,7-9,13,17,20H,4,6,10-12,14-15H2,(H,24,26)/t17-,20-/m0/s1. The Morgan fingerprint density at radius 2 is 2.07 bits per heavy atom. The summed E-state index contributed by atoms with van der Waals surface area (Å²) in [5, 5.41) is 3.23. The molecule has 4 rings (SSSR count). The average molecular weight is 368 g/mol. The van der Waals surface area contributed by atoms with Gasteiger partial charge in [-0.2, -0.15) is 0 Å². The number of halogens is 1. The van der Waals surface area contributed by atoms with Gasteiger partial charge in [-0.15, -0.1) is 0 Å². The first-order valence-corrected chi connectivity index (χ1v) is 9.68. The fraction of sp³-hybridized carbons (Fsp3) is 0.409. The summed E-state index contributed by atoms with van der Waals surface area (Å²) < 4.78 is 19.1. The molecular formula is C22H25FN2O2. The number of piperidine rings is 1. The van der Waals surface area contributed by atoms with E-state index < -0.39 is 0 Å². The molecule has 2 aliphatic rings. The highest BCUT2D eigenvalue weighted by atomic mass is 19.1. The van der Waals surface area contributed by atoms with Crippen molar-refractivity contribution in [3.8, 4) is 5.75 Å². The van der Waals surface area contributed by atoms with E-state index in [1.54, 1.807) is 12.1 Å². The number of hydrogen-bond donors (Lipinski definition) is 1. The van der Waals surface area contributed by atoms with Crippen LogP contribution in [0.5, 0.6) is 5.75 Å². The van der Waals surface area contributed by atoms with Gasteiger partial charge in [-0.05, 0) is 43.1 Å². The normalized spacial score (nSPS) is 22.6. The Hall–Kier alpha value is -2.40. The largest absolute Gasteiger partial charge is 0.493 e. The summed E-state index contributed by atoms with van der Waals surface area (Å²) >= 11 is 0. The van der Waals surface area contributed by atoms with Gasteiger partial charge in [0.2, 0.25) is 5.91 Å². The van der Waals surface area contributed by atoms with Gasteiger partial charge in [0, 0.05) is 25.1 Å². The van der Waals surface area contributed by atoms with Crippen LogP contribution in [0.15, 0.2) is 48.5 Å². The van der Waals surface area contributed by atoms with Crippen molar-refractivity contribution in [1.82, 2.24) is 10.2 Å². The van der Waals surface area contributed by atoms with Crippen molar-refractivity contribution in [2.24, 2.45) is 5.92 Å². The second kappa shape index (κ2) is 8.09. The van der Waals surface area contributed by atoms with Crippen molar-refractivity contribution in [3.63, 3.8) is 0 Å². The van der Waals surface area contributed by atoms with E-state index in [4.69, 9.17) is 4.74 Å². The molecule has 0 aliphatic carbocycles. The second-order valence-electron chi connectivity index (χ2n) is 7.44. The van der Waals surface area contributed by atoms with Crippen molar-refractivity contribution in [1.29, 1.82) is 0 Å². The zero-order valence-electron chi connectivity index (χ0n) is 15.4. The van der Waals surface area contributed by atoms with Crippen molar-refractivity contribution in [2.45, 2.75) is 31.8 Å². The lowest BCUT2D eigenvalue weighted by molar-refractivity contribution is -0.127. The van der Waals surface area contributed by atoms with E-state index in [-0.39, 0.29) is 23.7 Å². The van der Waals surface area contributed by atoms with Gasteiger partial charge in [-0.1, -0.05) is 30.3 Å². The molecule has 4 nitrogen and oxygen atoms in total. The molecule has 0 unspecified atom stereocenters. The Morgan fingerprint density at radius 3 is 2.96 bits per heavy atom. The molecule has 0 saturated carbocycles. The summed E-state index contributed by atoms with van der Waals surface area (Å²) in [7, 11) is 0. The lowest BCUT2D eigenvalue weighted by Crippen LogP contribution is -2.44. The third-order valence-corrected chi connectivity index (χ3v) is 5.45. The van der Waals surface area contributed by atoms with Crippen LogP contribution in [-0.4, -0.2) is 30.5 Å². The fourth-order valence-electron chi connectivity index (χ4n) is 4.09. The number of carbonyl (C=O) groups excluding carboxylic acids is 1. The monoisotopic (exact) mass is 368 g/mol. The van der Waals surface area contributed by atoms with Crippen LogP contribution in [0, 0.1) is 11.7 Å². The maximum absolute atomic E-state index is 13.4. The van der Waals surface area contributed by atoms with E-state index in [1.165, 1.54) is 6.07 Å². The first-order chi connectivity index (χ1) is 13.2. The van der Waals surface area contributed by atoms with Crippen LogP contribution < -0.4 is 10.1 Å². The van der Waals surface area contributed by atoms with E-state index in [2.05, 4.69) is 10.2 Å². The molecule has 2 heterocycles. The highest BCUT2D eigenvalue weighted by molar-refractivity contribution is 5.79. The Morgan fingerprint density at radius 1 is 1.19 bits per heavy atom. The van der Waals surface area contributed by atoms with Gasteiger partial charge in [0.05, 0.1) is 18.6 Å². The molecule has 0 radical (unpaired) electrons. The minimum atomic E-state index is -0.211. The maximum Gasteiger partial charge on any atom is 0.224 e. The molecule has 5 heteroatoms. The number of fused-ring (bicyclic) bond motifs is 1. The number of benzene rings is 2. The van der Waals surface area contributed by atoms with Crippen LogP contribution in [0.4, 0.5) is 4.39 Å². The lowest BCUT2D eigenvalue weighted by atomic mass is 9.94. The van der Waals surface area contributed by atoms with Gasteiger partial charge in [0.15, 0.2) is 0 Å². The fourth-order valence-corrected chi connectivity index (χ4v) is 4.09. The first kappa shape index (κ1) is 18.0. The van der Waals surface area contributed by atoms with Gasteiger partial charge < -0.3 is 10.1 Å². The molecule has 1 fully saturated rings. The summed E-state index contributed by atoms with van der Waals surface area (Å²) in [5.41, 5.74) is 2.01. The van der Waals surface area contributed by atoms with Crippen molar-refractivity contribution in [3.05, 3.63) is 65.5 Å².